The van der Waals surface area contributed by atoms with Crippen LogP contribution in [0.1, 0.15) is 5.69 Å². The van der Waals surface area contributed by atoms with Crippen LogP contribution in [-0.2, 0) is 6.42 Å². The molecule has 5 rings (SSSR count). The van der Waals surface area contributed by atoms with Crippen LogP contribution in [0.3, 0.4) is 0 Å². The van der Waals surface area contributed by atoms with Gasteiger partial charge in [-0.15, -0.1) is 0 Å². The van der Waals surface area contributed by atoms with Crippen LogP contribution < -0.4 is 10.0 Å². The van der Waals surface area contributed by atoms with Gasteiger partial charge in [-0.1, -0.05) is 18.2 Å². The van der Waals surface area contributed by atoms with Gasteiger partial charge in [-0.05, 0) is 54.4 Å². The maximum Gasteiger partial charge on any atom is 0.333 e. The summed E-state index contributed by atoms with van der Waals surface area (Å²) in [4.78, 5) is 19.7. The summed E-state index contributed by atoms with van der Waals surface area (Å²) >= 11 is 0.843. The van der Waals surface area contributed by atoms with Crippen LogP contribution in [0.5, 0.6) is 0 Å². The topological polar surface area (TPSA) is 64.2 Å². The number of hydrogen-bond donors (Lipinski definition) is 1. The van der Waals surface area contributed by atoms with E-state index in [0.29, 0.717) is 28.8 Å². The first-order chi connectivity index (χ1) is 14.2. The van der Waals surface area contributed by atoms with E-state index in [0.717, 1.165) is 34.6 Å². The van der Waals surface area contributed by atoms with E-state index >= 15 is 0 Å². The van der Waals surface area contributed by atoms with Crippen molar-refractivity contribution in [1.82, 2.24) is 9.55 Å². The van der Waals surface area contributed by atoms with Crippen molar-refractivity contribution < 1.29 is 9.18 Å². The van der Waals surface area contributed by atoms with Crippen molar-refractivity contribution >= 4 is 34.6 Å². The van der Waals surface area contributed by atoms with Gasteiger partial charge in [-0.2, -0.15) is 0 Å². The molecule has 29 heavy (non-hydrogen) atoms. The third kappa shape index (κ3) is 2.99. The van der Waals surface area contributed by atoms with E-state index in [1.165, 1.54) is 6.07 Å². The quantitative estimate of drug-likeness (QED) is 0.496. The van der Waals surface area contributed by atoms with Crippen LogP contribution in [-0.4, -0.2) is 22.1 Å². The minimum absolute atomic E-state index is 0.147. The molecule has 2 aromatic heterocycles. The summed E-state index contributed by atoms with van der Waals surface area (Å²) in [5.74, 6) is -0.373. The Hall–Kier alpha value is -3.16. The zero-order valence-electron chi connectivity index (χ0n) is 15.4. The zero-order chi connectivity index (χ0) is 20.0. The Morgan fingerprint density at radius 1 is 1.07 bits per heavy atom. The molecule has 7 heteroatoms. The first-order valence-electron chi connectivity index (χ1n) is 9.19. The molecule has 0 fully saturated rings. The average molecular weight is 404 g/mol. The number of hydrogen-bond acceptors (Lipinski definition) is 4. The Morgan fingerprint density at radius 2 is 1.90 bits per heavy atom. The molecule has 0 bridgehead atoms. The van der Waals surface area contributed by atoms with Gasteiger partial charge in [0.25, 0.3) is 0 Å². The second-order valence-electron chi connectivity index (χ2n) is 6.88. The minimum atomic E-state index is -0.373. The van der Waals surface area contributed by atoms with E-state index in [1.807, 2.05) is 48.5 Å². The third-order valence-electron chi connectivity index (χ3n) is 5.21. The fourth-order valence-electron chi connectivity index (χ4n) is 3.79. The van der Waals surface area contributed by atoms with Crippen molar-refractivity contribution in [2.45, 2.75) is 11.3 Å². The van der Waals surface area contributed by atoms with E-state index in [9.17, 15) is 9.18 Å². The molecular weight excluding hydrogens is 387 g/mol. The Bertz CT molecular complexity index is 1220. The van der Waals surface area contributed by atoms with Crippen LogP contribution in [0, 0.1) is 5.82 Å². The highest BCUT2D eigenvalue weighted by Gasteiger charge is 2.27. The lowest BCUT2D eigenvalue weighted by atomic mass is 10.1. The fourth-order valence-corrected chi connectivity index (χ4v) is 4.15. The molecule has 3 heterocycles. The monoisotopic (exact) mass is 404 g/mol. The summed E-state index contributed by atoms with van der Waals surface area (Å²) < 4.78 is 15.7. The largest absolute Gasteiger partial charge is 0.333 e. The van der Waals surface area contributed by atoms with Crippen LogP contribution in [0.2, 0.25) is 0 Å². The molecule has 5 nitrogen and oxygen atoms in total. The molecule has 0 unspecified atom stereocenters. The lowest BCUT2D eigenvalue weighted by Crippen LogP contribution is -2.41. The number of nitrogens with two attached hydrogens (primary N) is 1. The lowest BCUT2D eigenvalue weighted by molar-refractivity contribution is 0.246. The van der Waals surface area contributed by atoms with Crippen molar-refractivity contribution in [2.24, 2.45) is 5.14 Å². The van der Waals surface area contributed by atoms with E-state index in [-0.39, 0.29) is 11.8 Å². The number of carbonyl (C=O) groups excluding carboxylic acids is 1. The van der Waals surface area contributed by atoms with Crippen molar-refractivity contribution in [3.63, 3.8) is 0 Å². The molecule has 2 aromatic carbocycles. The summed E-state index contributed by atoms with van der Waals surface area (Å²) in [7, 11) is 0. The molecule has 0 atom stereocenters. The lowest BCUT2D eigenvalue weighted by Gasteiger charge is -2.29. The minimum Gasteiger partial charge on any atom is -0.293 e. The Balaban J connectivity index is 1.52. The smallest absolute Gasteiger partial charge is 0.293 e. The summed E-state index contributed by atoms with van der Waals surface area (Å²) in [6.45, 7) is 0.569. The first-order valence-corrected chi connectivity index (χ1v) is 10.1. The standard InChI is InChI=1S/C22H17FN4OS/c23-18-12-15-11-17-8-10-26(22(28)27(17)20(15)13-21(18)29-24)16-6-4-14(5-7-16)19-3-1-2-9-25-19/h1-7,9,11-13H,8,10,24H2. The Labute approximate surface area is 171 Å². The molecule has 0 spiro atoms. The van der Waals surface area contributed by atoms with Gasteiger partial charge in [0.15, 0.2) is 0 Å². The molecule has 0 saturated heterocycles. The summed E-state index contributed by atoms with van der Waals surface area (Å²) in [5.41, 5.74) is 4.25. The predicted molar refractivity (Wildman–Crippen MR) is 113 cm³/mol. The summed E-state index contributed by atoms with van der Waals surface area (Å²) in [6, 6.07) is 18.4. The van der Waals surface area contributed by atoms with Gasteiger partial charge in [0.1, 0.15) is 5.82 Å². The average Bonchev–Trinajstić information content (AvgIpc) is 3.12. The maximum atomic E-state index is 14.1. The summed E-state index contributed by atoms with van der Waals surface area (Å²) in [5, 5.41) is 6.27. The molecule has 4 aromatic rings. The molecule has 1 aliphatic heterocycles. The van der Waals surface area contributed by atoms with Crippen molar-refractivity contribution in [3.8, 4) is 11.3 Å². The highest BCUT2D eigenvalue weighted by molar-refractivity contribution is 7.97. The van der Waals surface area contributed by atoms with E-state index in [4.69, 9.17) is 5.14 Å². The normalized spacial score (nSPS) is 13.7. The number of fused-ring (bicyclic) bond motifs is 3. The molecule has 144 valence electrons. The van der Waals surface area contributed by atoms with E-state index in [2.05, 4.69) is 4.98 Å². The molecule has 1 aliphatic rings. The van der Waals surface area contributed by atoms with Crippen molar-refractivity contribution in [1.29, 1.82) is 0 Å². The molecule has 0 saturated carbocycles. The number of anilines is 1. The molecule has 2 N–H and O–H groups in total. The van der Waals surface area contributed by atoms with Gasteiger partial charge in [-0.3, -0.25) is 19.6 Å². The molecule has 0 aliphatic carbocycles. The Kier molecular flexibility index (Phi) is 4.34. The number of carbonyl (C=O) groups is 1. The predicted octanol–water partition coefficient (Wildman–Crippen LogP) is 4.84. The van der Waals surface area contributed by atoms with Crippen LogP contribution in [0.4, 0.5) is 14.9 Å². The number of rotatable bonds is 3. The van der Waals surface area contributed by atoms with Gasteiger partial charge in [0.05, 0.1) is 16.1 Å². The van der Waals surface area contributed by atoms with Crippen LogP contribution >= 0.6 is 11.9 Å². The number of nitrogens with zero attached hydrogens (tertiary/aromatic N) is 3. The molecule has 0 radical (unpaired) electrons. The van der Waals surface area contributed by atoms with Gasteiger partial charge in [0, 0.05) is 41.5 Å². The van der Waals surface area contributed by atoms with E-state index in [1.54, 1.807) is 21.7 Å². The van der Waals surface area contributed by atoms with Gasteiger partial charge >= 0.3 is 6.03 Å². The highest BCUT2D eigenvalue weighted by Crippen LogP contribution is 2.31. The number of aromatic nitrogens is 2. The first kappa shape index (κ1) is 17.9. The van der Waals surface area contributed by atoms with Gasteiger partial charge in [0.2, 0.25) is 0 Å². The SMILES string of the molecule is NSc1cc2c(cc1F)cc1n2C(=O)N(c2ccc(-c3ccccn3)cc2)CC1. The van der Waals surface area contributed by atoms with Crippen molar-refractivity contribution in [2.75, 3.05) is 11.4 Å². The Morgan fingerprint density at radius 3 is 2.62 bits per heavy atom. The van der Waals surface area contributed by atoms with Crippen LogP contribution in [0.25, 0.3) is 22.2 Å². The molecular formula is C22H17FN4OS. The maximum absolute atomic E-state index is 14.1. The zero-order valence-corrected chi connectivity index (χ0v) is 16.2. The van der Waals surface area contributed by atoms with Crippen molar-refractivity contribution in [3.05, 3.63) is 78.4 Å². The number of benzene rings is 2. The molecule has 1 amide bonds. The van der Waals surface area contributed by atoms with Gasteiger partial charge < -0.3 is 0 Å². The number of halogens is 1. The van der Waals surface area contributed by atoms with Crippen LogP contribution in [0.15, 0.2) is 71.8 Å². The van der Waals surface area contributed by atoms with E-state index < -0.39 is 0 Å². The fraction of sp³-hybridized carbons (Fsp3) is 0.0909. The second-order valence-corrected chi connectivity index (χ2v) is 7.55. The highest BCUT2D eigenvalue weighted by atomic mass is 32.2. The number of amides is 1. The van der Waals surface area contributed by atoms with Gasteiger partial charge in [-0.25, -0.2) is 9.18 Å². The summed E-state index contributed by atoms with van der Waals surface area (Å²) in [6.07, 6.45) is 2.45. The third-order valence-corrected chi connectivity index (χ3v) is 5.78. The second kappa shape index (κ2) is 7.02. The number of pyridine rings is 1.